The number of esters is 2. The van der Waals surface area contributed by atoms with Gasteiger partial charge in [0.05, 0.1) is 0 Å². The zero-order valence-electron chi connectivity index (χ0n) is 8.73. The van der Waals surface area contributed by atoms with Crippen LogP contribution in [-0.2, 0) is 19.1 Å². The first-order valence-corrected chi connectivity index (χ1v) is 5.10. The molecule has 0 aliphatic carbocycles. The summed E-state index contributed by atoms with van der Waals surface area (Å²) in [6.07, 6.45) is -0.337. The molecule has 2 rings (SSSR count). The lowest BCUT2D eigenvalue weighted by atomic mass is 10.1. The van der Waals surface area contributed by atoms with Crippen LogP contribution in [0.2, 0.25) is 0 Å². The fraction of sp³-hybridized carbons (Fsp3) is 0.556. The number of cyclic esters (lactones) is 4. The Morgan fingerprint density at radius 3 is 1.53 bits per heavy atom. The molecule has 2 heterocycles. The third kappa shape index (κ3) is 2.52. The highest BCUT2D eigenvalue weighted by Crippen LogP contribution is 2.13. The Kier molecular flexibility index (Phi) is 2.94. The van der Waals surface area contributed by atoms with Crippen molar-refractivity contribution in [2.45, 2.75) is 31.3 Å². The van der Waals surface area contributed by atoms with Crippen molar-refractivity contribution in [1.82, 2.24) is 10.6 Å². The summed E-state index contributed by atoms with van der Waals surface area (Å²) < 4.78 is 8.57. The van der Waals surface area contributed by atoms with E-state index in [1.54, 1.807) is 0 Å². The zero-order chi connectivity index (χ0) is 12.4. The summed E-state index contributed by atoms with van der Waals surface area (Å²) in [5.74, 6) is -1.24. The molecule has 0 spiro atoms. The molecule has 0 aromatic rings. The predicted molar refractivity (Wildman–Crippen MR) is 50.7 cm³/mol. The van der Waals surface area contributed by atoms with Crippen LogP contribution in [0.1, 0.15) is 19.3 Å². The molecule has 2 N–H and O–H groups in total. The van der Waals surface area contributed by atoms with E-state index in [4.69, 9.17) is 0 Å². The lowest BCUT2D eigenvalue weighted by Gasteiger charge is -2.07. The first kappa shape index (κ1) is 11.4. The van der Waals surface area contributed by atoms with Gasteiger partial charge in [-0.1, -0.05) is 0 Å². The van der Waals surface area contributed by atoms with Crippen LogP contribution < -0.4 is 10.6 Å². The fourth-order valence-electron chi connectivity index (χ4n) is 1.69. The Hall–Kier alpha value is -2.12. The summed E-state index contributed by atoms with van der Waals surface area (Å²) in [6.45, 7) is 0. The first-order chi connectivity index (χ1) is 8.06. The molecule has 2 aliphatic heterocycles. The molecule has 2 aliphatic rings. The lowest BCUT2D eigenvalue weighted by Crippen LogP contribution is -2.31. The third-order valence-electron chi connectivity index (χ3n) is 2.53. The quantitative estimate of drug-likeness (QED) is 0.504. The summed E-state index contributed by atoms with van der Waals surface area (Å²) in [6, 6.07) is -1.34. The minimum atomic E-state index is -0.756. The molecule has 8 heteroatoms. The second-order valence-electron chi connectivity index (χ2n) is 3.74. The van der Waals surface area contributed by atoms with E-state index < -0.39 is 36.2 Å². The Morgan fingerprint density at radius 2 is 1.24 bits per heavy atom. The summed E-state index contributed by atoms with van der Waals surface area (Å²) in [4.78, 5) is 43.5. The van der Waals surface area contributed by atoms with E-state index in [2.05, 4.69) is 20.1 Å². The van der Waals surface area contributed by atoms with Crippen molar-refractivity contribution < 1.29 is 28.7 Å². The van der Waals surface area contributed by atoms with Gasteiger partial charge in [-0.3, -0.25) is 0 Å². The molecule has 0 aromatic carbocycles. The maximum absolute atomic E-state index is 11.1. The van der Waals surface area contributed by atoms with E-state index in [1.165, 1.54) is 0 Å². The van der Waals surface area contributed by atoms with Gasteiger partial charge in [0.15, 0.2) is 0 Å². The largest absolute Gasteiger partial charge is 0.415 e. The van der Waals surface area contributed by atoms with Gasteiger partial charge in [-0.15, -0.1) is 0 Å². The van der Waals surface area contributed by atoms with Crippen LogP contribution in [0.15, 0.2) is 0 Å². The van der Waals surface area contributed by atoms with Crippen molar-refractivity contribution in [3.05, 3.63) is 0 Å². The van der Waals surface area contributed by atoms with Crippen molar-refractivity contribution in [1.29, 1.82) is 0 Å². The molecule has 8 nitrogen and oxygen atoms in total. The normalized spacial score (nSPS) is 27.5. The summed E-state index contributed by atoms with van der Waals surface area (Å²) in [7, 11) is 0. The standard InChI is InChI=1S/C9H10N2O6/c12-6-4(10-8(14)16-6)2-1-3-5-7(13)17-9(15)11-5/h4-5H,1-3H2,(H,10,14)(H,11,15)/t4-,5+. The van der Waals surface area contributed by atoms with Gasteiger partial charge in [0.1, 0.15) is 12.1 Å². The van der Waals surface area contributed by atoms with E-state index in [-0.39, 0.29) is 0 Å². The number of carbonyl (C=O) groups excluding carboxylic acids is 4. The minimum Gasteiger partial charge on any atom is -0.375 e. The monoisotopic (exact) mass is 242 g/mol. The van der Waals surface area contributed by atoms with E-state index in [0.29, 0.717) is 19.3 Å². The van der Waals surface area contributed by atoms with E-state index in [0.717, 1.165) is 0 Å². The highest BCUT2D eigenvalue weighted by molar-refractivity contribution is 5.96. The third-order valence-corrected chi connectivity index (χ3v) is 2.53. The van der Waals surface area contributed by atoms with Crippen molar-refractivity contribution in [3.63, 3.8) is 0 Å². The lowest BCUT2D eigenvalue weighted by molar-refractivity contribution is -0.135. The minimum absolute atomic E-state index is 0.351. The smallest absolute Gasteiger partial charge is 0.375 e. The molecule has 2 fully saturated rings. The van der Waals surface area contributed by atoms with Crippen LogP contribution in [0.3, 0.4) is 0 Å². The van der Waals surface area contributed by atoms with E-state index in [1.807, 2.05) is 0 Å². The summed E-state index contributed by atoms with van der Waals surface area (Å²) in [5.41, 5.74) is 0. The predicted octanol–water partition coefficient (Wildman–Crippen LogP) is -0.573. The molecule has 92 valence electrons. The van der Waals surface area contributed by atoms with Crippen molar-refractivity contribution in [3.8, 4) is 0 Å². The van der Waals surface area contributed by atoms with Gasteiger partial charge in [-0.05, 0) is 19.3 Å². The average Bonchev–Trinajstić information content (AvgIpc) is 2.71. The Bertz CT molecular complexity index is 357. The fourth-order valence-corrected chi connectivity index (χ4v) is 1.69. The van der Waals surface area contributed by atoms with E-state index >= 15 is 0 Å². The zero-order valence-corrected chi connectivity index (χ0v) is 8.73. The van der Waals surface area contributed by atoms with Gasteiger partial charge in [-0.25, -0.2) is 19.2 Å². The second-order valence-corrected chi connectivity index (χ2v) is 3.74. The molecule has 0 aromatic heterocycles. The maximum atomic E-state index is 11.1. The molecule has 17 heavy (non-hydrogen) atoms. The van der Waals surface area contributed by atoms with Crippen LogP contribution in [0, 0.1) is 0 Å². The van der Waals surface area contributed by atoms with Crippen LogP contribution in [-0.4, -0.2) is 36.2 Å². The van der Waals surface area contributed by atoms with Crippen LogP contribution >= 0.6 is 0 Å². The second kappa shape index (κ2) is 4.40. The number of alkyl carbamates (subject to hydrolysis) is 2. The van der Waals surface area contributed by atoms with E-state index in [9.17, 15) is 19.2 Å². The van der Waals surface area contributed by atoms with Gasteiger partial charge in [0.2, 0.25) is 0 Å². The number of carbonyl (C=O) groups is 4. The average molecular weight is 242 g/mol. The van der Waals surface area contributed by atoms with Gasteiger partial charge < -0.3 is 20.1 Å². The van der Waals surface area contributed by atoms with Crippen molar-refractivity contribution >= 4 is 24.1 Å². The topological polar surface area (TPSA) is 111 Å². The molecular weight excluding hydrogens is 232 g/mol. The molecule has 2 atom stereocenters. The van der Waals surface area contributed by atoms with Gasteiger partial charge >= 0.3 is 24.1 Å². The first-order valence-electron chi connectivity index (χ1n) is 5.10. The van der Waals surface area contributed by atoms with Crippen molar-refractivity contribution in [2.75, 3.05) is 0 Å². The molecular formula is C9H10N2O6. The molecule has 0 bridgehead atoms. The summed E-state index contributed by atoms with van der Waals surface area (Å²) in [5, 5.41) is 4.67. The highest BCUT2D eigenvalue weighted by Gasteiger charge is 2.34. The number of hydrogen-bond donors (Lipinski definition) is 2. The SMILES string of the molecule is O=C1N[C@@H](CCC[C@H]2NC(=O)OC2=O)C(=O)O1. The molecule has 0 unspecified atom stereocenters. The van der Waals surface area contributed by atoms with Gasteiger partial charge in [0.25, 0.3) is 0 Å². The van der Waals surface area contributed by atoms with Crippen LogP contribution in [0.4, 0.5) is 9.59 Å². The number of amides is 2. The van der Waals surface area contributed by atoms with Crippen LogP contribution in [0.25, 0.3) is 0 Å². The highest BCUT2D eigenvalue weighted by atomic mass is 16.6. The molecule has 2 saturated heterocycles. The van der Waals surface area contributed by atoms with Crippen LogP contribution in [0.5, 0.6) is 0 Å². The van der Waals surface area contributed by atoms with Crippen molar-refractivity contribution in [2.24, 2.45) is 0 Å². The molecule has 2 amide bonds. The Balaban J connectivity index is 1.73. The summed E-state index contributed by atoms with van der Waals surface area (Å²) >= 11 is 0. The number of hydrogen-bond acceptors (Lipinski definition) is 6. The Morgan fingerprint density at radius 1 is 0.824 bits per heavy atom. The number of ether oxygens (including phenoxy) is 2. The van der Waals surface area contributed by atoms with Gasteiger partial charge in [0, 0.05) is 0 Å². The maximum Gasteiger partial charge on any atom is 0.415 e. The number of rotatable bonds is 4. The molecule has 0 radical (unpaired) electrons. The number of nitrogens with one attached hydrogen (secondary N) is 2. The molecule has 0 saturated carbocycles. The van der Waals surface area contributed by atoms with Gasteiger partial charge in [-0.2, -0.15) is 0 Å². The Labute approximate surface area is 95.6 Å².